The summed E-state index contributed by atoms with van der Waals surface area (Å²) >= 11 is 6.11. The molecule has 0 aliphatic heterocycles. The first kappa shape index (κ1) is 12.7. The fraction of sp³-hybridized carbons (Fsp3) is 0. The molecule has 0 atom stereocenters. The number of halogens is 2. The number of benzene rings is 2. The Labute approximate surface area is 118 Å². The molecule has 86 valence electrons. The van der Waals surface area contributed by atoms with E-state index in [1.165, 1.54) is 10.5 Å². The van der Waals surface area contributed by atoms with Crippen LogP contribution in [0.25, 0.3) is 21.3 Å². The van der Waals surface area contributed by atoms with Crippen LogP contribution in [0.15, 0.2) is 42.5 Å². The van der Waals surface area contributed by atoms with Crippen molar-refractivity contribution in [2.45, 2.75) is 0 Å². The van der Waals surface area contributed by atoms with E-state index in [0.29, 0.717) is 0 Å². The van der Waals surface area contributed by atoms with Crippen LogP contribution in [0.5, 0.6) is 0 Å². The van der Waals surface area contributed by atoms with Crippen molar-refractivity contribution in [2.75, 3.05) is 0 Å². The molecule has 0 radical (unpaired) electrons. The van der Waals surface area contributed by atoms with Crippen LogP contribution in [0.2, 0.25) is 5.02 Å². The molecule has 1 nitrogen and oxygen atoms in total. The van der Waals surface area contributed by atoms with Crippen molar-refractivity contribution in [1.82, 2.24) is 4.37 Å². The molecule has 0 unspecified atom stereocenters. The normalized spacial score (nSPS) is 10.2. The lowest BCUT2D eigenvalue weighted by molar-refractivity contribution is -0.00000289. The summed E-state index contributed by atoms with van der Waals surface area (Å²) in [5.41, 5.74) is 3.32. The summed E-state index contributed by atoms with van der Waals surface area (Å²) in [6, 6.07) is 14.2. The van der Waals surface area contributed by atoms with E-state index in [0.717, 1.165) is 26.4 Å². The molecule has 1 heterocycles. The zero-order valence-electron chi connectivity index (χ0n) is 8.56. The molecule has 0 aliphatic rings. The highest BCUT2D eigenvalue weighted by Gasteiger charge is 2.16. The fourth-order valence-corrected chi connectivity index (χ4v) is 3.76. The molecule has 0 fully saturated rings. The molecule has 2 aromatic carbocycles. The number of hydrogen-bond donors (Lipinski definition) is 0. The van der Waals surface area contributed by atoms with E-state index >= 15 is 0 Å². The first-order chi connectivity index (χ1) is 7.84. The van der Waals surface area contributed by atoms with E-state index < -0.39 is 0 Å². The number of hydrogen-bond acceptors (Lipinski definition) is 2. The van der Waals surface area contributed by atoms with E-state index in [4.69, 9.17) is 11.6 Å². The van der Waals surface area contributed by atoms with Gasteiger partial charge in [-0.1, -0.05) is 41.9 Å². The highest BCUT2D eigenvalue weighted by atomic mass is 35.5. The van der Waals surface area contributed by atoms with Gasteiger partial charge in [0.25, 0.3) is 15.2 Å². The average molecular weight is 300 g/mol. The summed E-state index contributed by atoms with van der Waals surface area (Å²) in [4.78, 5) is 0. The maximum Gasteiger partial charge on any atom is 0.323 e. The Balaban J connectivity index is 0.00000108. The minimum atomic E-state index is 0. The maximum absolute atomic E-state index is 6.11. The highest BCUT2D eigenvalue weighted by Crippen LogP contribution is 2.34. The summed E-state index contributed by atoms with van der Waals surface area (Å²) < 4.78 is 5.59. The summed E-state index contributed by atoms with van der Waals surface area (Å²) in [6.07, 6.45) is 0. The third kappa shape index (κ3) is 2.43. The van der Waals surface area contributed by atoms with Crippen LogP contribution in [0, 0.1) is 0 Å². The van der Waals surface area contributed by atoms with Crippen LogP contribution in [0.1, 0.15) is 0 Å². The predicted molar refractivity (Wildman–Crippen MR) is 72.4 cm³/mol. The summed E-state index contributed by atoms with van der Waals surface area (Å²) in [7, 11) is 3.16. The highest BCUT2D eigenvalue weighted by molar-refractivity contribution is 7.69. The van der Waals surface area contributed by atoms with Gasteiger partial charge in [0, 0.05) is 16.7 Å². The molecule has 0 aliphatic carbocycles. The molecule has 0 saturated heterocycles. The second-order valence-electron chi connectivity index (χ2n) is 3.42. The lowest BCUT2D eigenvalue weighted by Crippen LogP contribution is -3.00. The smallest absolute Gasteiger partial charge is 0.323 e. The van der Waals surface area contributed by atoms with Crippen LogP contribution in [-0.2, 0) is 0 Å². The molecule has 3 rings (SSSR count). The van der Waals surface area contributed by atoms with Crippen LogP contribution in [0.3, 0.4) is 0 Å². The van der Waals surface area contributed by atoms with Gasteiger partial charge in [0.1, 0.15) is 0 Å². The van der Waals surface area contributed by atoms with Crippen molar-refractivity contribution < 1.29 is 12.4 Å². The predicted octanol–water partition coefficient (Wildman–Crippen LogP) is 1.96. The van der Waals surface area contributed by atoms with Crippen LogP contribution < -0.4 is 12.4 Å². The first-order valence-electron chi connectivity index (χ1n) is 4.78. The van der Waals surface area contributed by atoms with Gasteiger partial charge in [0.2, 0.25) is 0 Å². The van der Waals surface area contributed by atoms with E-state index in [1.807, 2.05) is 30.3 Å². The molecular weight excluding hydrogens is 293 g/mol. The van der Waals surface area contributed by atoms with Gasteiger partial charge in [-0.05, 0) is 11.6 Å². The Morgan fingerprint density at radius 3 is 2.65 bits per heavy atom. The summed E-state index contributed by atoms with van der Waals surface area (Å²) in [5, 5.41) is 0.766. The molecular formula is C12H7Cl2NS2. The number of nitrogens with zero attached hydrogens (tertiary/aromatic N) is 1. The van der Waals surface area contributed by atoms with Gasteiger partial charge < -0.3 is 12.4 Å². The SMILES string of the molecule is Clc1cc(-c2ccccc2)c2ns[s+]c2c1.[Cl-]. The molecule has 0 spiro atoms. The zero-order valence-corrected chi connectivity index (χ0v) is 11.7. The van der Waals surface area contributed by atoms with Gasteiger partial charge in [-0.25, -0.2) is 0 Å². The number of aromatic nitrogens is 1. The molecule has 0 bridgehead atoms. The summed E-state index contributed by atoms with van der Waals surface area (Å²) in [5.74, 6) is 0. The van der Waals surface area contributed by atoms with Crippen molar-refractivity contribution in [3.05, 3.63) is 47.5 Å². The molecule has 3 aromatic rings. The average Bonchev–Trinajstić information content (AvgIpc) is 2.77. The lowest BCUT2D eigenvalue weighted by Gasteiger charge is -2.00. The lowest BCUT2D eigenvalue weighted by atomic mass is 10.1. The third-order valence-corrected chi connectivity index (χ3v) is 4.41. The van der Waals surface area contributed by atoms with Crippen molar-refractivity contribution >= 4 is 42.7 Å². The zero-order chi connectivity index (χ0) is 11.0. The van der Waals surface area contributed by atoms with Gasteiger partial charge >= 0.3 is 10.3 Å². The van der Waals surface area contributed by atoms with E-state index in [9.17, 15) is 0 Å². The standard InChI is InChI=1S/C12H7ClNS2.ClH/c13-9-6-10(8-4-2-1-3-5-8)12-11(7-9)15-16-14-12;/h1-7H;1H/q+1;/p-1. The van der Waals surface area contributed by atoms with Crippen LogP contribution >= 0.6 is 32.5 Å². The van der Waals surface area contributed by atoms with Crippen molar-refractivity contribution in [2.24, 2.45) is 0 Å². The fourth-order valence-electron chi connectivity index (χ4n) is 1.67. The maximum atomic E-state index is 6.11. The Hall–Kier alpha value is -0.740. The quantitative estimate of drug-likeness (QED) is 0.494. The topological polar surface area (TPSA) is 12.9 Å². The minimum absolute atomic E-state index is 0. The van der Waals surface area contributed by atoms with Crippen molar-refractivity contribution in [3.63, 3.8) is 0 Å². The van der Waals surface area contributed by atoms with E-state index in [1.54, 1.807) is 10.3 Å². The molecule has 0 saturated carbocycles. The van der Waals surface area contributed by atoms with Crippen LogP contribution in [-0.4, -0.2) is 4.37 Å². The Kier molecular flexibility index (Phi) is 3.94. The second-order valence-corrected chi connectivity index (χ2v) is 5.74. The second kappa shape index (κ2) is 5.27. The monoisotopic (exact) mass is 299 g/mol. The first-order valence-corrected chi connectivity index (χ1v) is 7.27. The molecule has 0 amide bonds. The molecule has 1 aromatic heterocycles. The van der Waals surface area contributed by atoms with Gasteiger partial charge in [0.05, 0.1) is 0 Å². The van der Waals surface area contributed by atoms with Gasteiger partial charge in [-0.15, -0.1) is 4.37 Å². The van der Waals surface area contributed by atoms with Crippen molar-refractivity contribution in [3.8, 4) is 11.1 Å². The van der Waals surface area contributed by atoms with E-state index in [-0.39, 0.29) is 12.4 Å². The van der Waals surface area contributed by atoms with Crippen molar-refractivity contribution in [1.29, 1.82) is 0 Å². The molecule has 5 heteroatoms. The minimum Gasteiger partial charge on any atom is -1.00 e. The Bertz CT molecular complexity index is 637. The Morgan fingerprint density at radius 1 is 1.12 bits per heavy atom. The Morgan fingerprint density at radius 2 is 1.88 bits per heavy atom. The van der Waals surface area contributed by atoms with E-state index in [2.05, 4.69) is 16.5 Å². The van der Waals surface area contributed by atoms with Gasteiger partial charge in [-0.2, -0.15) is 0 Å². The van der Waals surface area contributed by atoms with Gasteiger partial charge in [-0.3, -0.25) is 0 Å². The van der Waals surface area contributed by atoms with Crippen LogP contribution in [0.4, 0.5) is 0 Å². The number of rotatable bonds is 1. The molecule has 0 N–H and O–H groups in total. The third-order valence-electron chi connectivity index (χ3n) is 2.38. The summed E-state index contributed by atoms with van der Waals surface area (Å²) in [6.45, 7) is 0. The number of fused-ring (bicyclic) bond motifs is 1. The largest absolute Gasteiger partial charge is 1.00 e. The molecule has 17 heavy (non-hydrogen) atoms. The van der Waals surface area contributed by atoms with Gasteiger partial charge in [0.15, 0.2) is 5.52 Å².